The Balaban J connectivity index is -0.000000231. The quantitative estimate of drug-likeness (QED) is 0.230. The van der Waals surface area contributed by atoms with Gasteiger partial charge in [0.15, 0.2) is 0 Å². The predicted molar refractivity (Wildman–Crippen MR) is 142 cm³/mol. The molecule has 0 aromatic heterocycles. The summed E-state index contributed by atoms with van der Waals surface area (Å²) in [6, 6.07) is 0. The molecule has 0 aliphatic rings. The van der Waals surface area contributed by atoms with Gasteiger partial charge in [0.05, 0.1) is 0 Å². The van der Waals surface area contributed by atoms with E-state index in [9.17, 15) is 0 Å². The van der Waals surface area contributed by atoms with Crippen LogP contribution in [-0.4, -0.2) is 148 Å². The Bertz CT molecular complexity index is 366. The molecule has 0 aromatic carbocycles. The first-order valence-electron chi connectivity index (χ1n) is 11.1. The van der Waals surface area contributed by atoms with Crippen molar-refractivity contribution in [3.63, 3.8) is 0 Å². The van der Waals surface area contributed by atoms with Crippen LogP contribution in [0.15, 0.2) is 0 Å². The van der Waals surface area contributed by atoms with Gasteiger partial charge in [-0.05, 0) is 27.7 Å². The monoisotopic (exact) mass is 584 g/mol. The molecule has 0 N–H and O–H groups in total. The Hall–Kier alpha value is 1.31. The van der Waals surface area contributed by atoms with Gasteiger partial charge in [-0.3, -0.25) is 0 Å². The van der Waals surface area contributed by atoms with E-state index in [1.165, 1.54) is 0 Å². The molecule has 0 fully saturated rings. The summed E-state index contributed by atoms with van der Waals surface area (Å²) in [4.78, 5) is 0. The van der Waals surface area contributed by atoms with Crippen LogP contribution in [0.3, 0.4) is 0 Å². The third kappa shape index (κ3) is 8.76. The molecule has 0 aromatic rings. The number of halogens is 2. The van der Waals surface area contributed by atoms with Gasteiger partial charge in [0.25, 0.3) is 0 Å². The van der Waals surface area contributed by atoms with Gasteiger partial charge in [-0.2, -0.15) is 0 Å². The number of hydrogen-bond donors (Lipinski definition) is 0. The van der Waals surface area contributed by atoms with Crippen LogP contribution < -0.4 is 29.4 Å². The molecule has 0 spiro atoms. The van der Waals surface area contributed by atoms with Crippen molar-refractivity contribution in [1.82, 2.24) is 37.4 Å². The van der Waals surface area contributed by atoms with Gasteiger partial charge < -0.3 is 29.4 Å². The highest BCUT2D eigenvalue weighted by atomic mass is 79.9. The maximum atomic E-state index is 2.55. The predicted octanol–water partition coefficient (Wildman–Crippen LogP) is -2.61. The first kappa shape index (κ1) is 40.5. The van der Waals surface area contributed by atoms with Gasteiger partial charge in [0.1, 0.15) is 0 Å². The second-order valence-electron chi connectivity index (χ2n) is 8.43. The molecule has 0 radical (unpaired) electrons. The van der Waals surface area contributed by atoms with Crippen LogP contribution in [0.2, 0.25) is 0 Å². The first-order valence-corrected chi connectivity index (χ1v) is 14.3. The van der Waals surface area contributed by atoms with Crippen molar-refractivity contribution in [3.8, 4) is 0 Å². The molecule has 0 heterocycles. The maximum Gasteiger partial charge on any atom is 0.306 e. The third-order valence-electron chi connectivity index (χ3n) is 5.44. The van der Waals surface area contributed by atoms with Crippen molar-refractivity contribution in [2.45, 2.75) is 27.7 Å². The minimum Gasteiger partial charge on any atom is -1.00 e. The van der Waals surface area contributed by atoms with E-state index >= 15 is 0 Å². The molecule has 0 amide bonds. The fourth-order valence-electron chi connectivity index (χ4n) is 4.87. The molecular weight excluding hydrogens is 530 g/mol. The molecule has 0 aliphatic carbocycles. The van der Waals surface area contributed by atoms with Gasteiger partial charge in [0.2, 0.25) is 0 Å². The SMILES string of the molecule is CCN(CC)[P+](N(C)C)(N(C)C)N(C)C.CCN(CC)[P+](N(C)C)(N(C)C)N(C)C.[Br-].[Cl-]. The lowest BCUT2D eigenvalue weighted by Crippen LogP contribution is -3.00. The number of rotatable bonds is 12. The Morgan fingerprint density at radius 3 is 0.531 bits per heavy atom. The number of hydrogen-bond acceptors (Lipinski definition) is 8. The molecule has 12 heteroatoms. The standard InChI is InChI=1S/2C10H28N4P.BrH.ClH/c2*1-9-14(10-2)15(11(3)4,12(5)6)13(7)8;;/h2*9-10H2,1-8H3;2*1H/q2*+1;;/p-2. The molecule has 0 atom stereocenters. The zero-order chi connectivity index (χ0) is 24.4. The van der Waals surface area contributed by atoms with Crippen LogP contribution in [0, 0.1) is 0 Å². The minimum atomic E-state index is -1.49. The Kier molecular flexibility index (Phi) is 23.5. The Morgan fingerprint density at radius 2 is 0.500 bits per heavy atom. The van der Waals surface area contributed by atoms with Crippen LogP contribution in [0.4, 0.5) is 0 Å². The third-order valence-corrected chi connectivity index (χ3v) is 14.5. The average molecular weight is 586 g/mol. The topological polar surface area (TPSA) is 25.9 Å². The van der Waals surface area contributed by atoms with E-state index in [1.54, 1.807) is 0 Å². The van der Waals surface area contributed by atoms with Crippen molar-refractivity contribution in [2.24, 2.45) is 0 Å². The summed E-state index contributed by atoms with van der Waals surface area (Å²) in [5.41, 5.74) is 0. The van der Waals surface area contributed by atoms with Crippen LogP contribution >= 0.6 is 15.7 Å². The smallest absolute Gasteiger partial charge is 0.306 e. The summed E-state index contributed by atoms with van der Waals surface area (Å²) < 4.78 is 19.3. The molecule has 0 bridgehead atoms. The Labute approximate surface area is 220 Å². The van der Waals surface area contributed by atoms with Crippen LogP contribution in [0.1, 0.15) is 27.7 Å². The lowest BCUT2D eigenvalue weighted by Gasteiger charge is -2.44. The van der Waals surface area contributed by atoms with E-state index < -0.39 is 15.7 Å². The lowest BCUT2D eigenvalue weighted by atomic mass is 10.7. The van der Waals surface area contributed by atoms with Crippen molar-refractivity contribution in [1.29, 1.82) is 0 Å². The largest absolute Gasteiger partial charge is 1.00 e. The highest BCUT2D eigenvalue weighted by Gasteiger charge is 2.53. The molecule has 8 nitrogen and oxygen atoms in total. The van der Waals surface area contributed by atoms with Gasteiger partial charge in [-0.1, -0.05) is 0 Å². The minimum absolute atomic E-state index is 0. The van der Waals surface area contributed by atoms with Crippen LogP contribution in [0.5, 0.6) is 0 Å². The molecule has 0 unspecified atom stereocenters. The van der Waals surface area contributed by atoms with E-state index in [2.05, 4.69) is 150 Å². The van der Waals surface area contributed by atoms with Gasteiger partial charge in [-0.15, -0.1) is 37.4 Å². The highest BCUT2D eigenvalue weighted by Crippen LogP contribution is 2.66. The van der Waals surface area contributed by atoms with Gasteiger partial charge >= 0.3 is 15.7 Å². The summed E-state index contributed by atoms with van der Waals surface area (Å²) in [6.45, 7) is 13.3. The molecule has 32 heavy (non-hydrogen) atoms. The maximum absolute atomic E-state index is 2.55. The van der Waals surface area contributed by atoms with Crippen molar-refractivity contribution in [3.05, 3.63) is 0 Å². The van der Waals surface area contributed by atoms with E-state index in [0.717, 1.165) is 26.2 Å². The summed E-state index contributed by atoms with van der Waals surface area (Å²) in [6.07, 6.45) is 0. The summed E-state index contributed by atoms with van der Waals surface area (Å²) in [5.74, 6) is 0. The van der Waals surface area contributed by atoms with Crippen molar-refractivity contribution >= 4 is 15.7 Å². The van der Waals surface area contributed by atoms with Crippen LogP contribution in [-0.2, 0) is 0 Å². The number of nitrogens with zero attached hydrogens (tertiary/aromatic N) is 8. The zero-order valence-electron chi connectivity index (χ0n) is 24.1. The van der Waals surface area contributed by atoms with Gasteiger partial charge in [0, 0.05) is 111 Å². The van der Waals surface area contributed by atoms with E-state index in [-0.39, 0.29) is 29.4 Å². The summed E-state index contributed by atoms with van der Waals surface area (Å²) in [5, 5.41) is 0. The van der Waals surface area contributed by atoms with E-state index in [1.807, 2.05) is 0 Å². The molecule has 200 valence electrons. The molecule has 0 aliphatic heterocycles. The highest BCUT2D eigenvalue weighted by molar-refractivity contribution is 7.66. The zero-order valence-corrected chi connectivity index (χ0v) is 28.2. The molecule has 0 saturated heterocycles. The van der Waals surface area contributed by atoms with E-state index in [4.69, 9.17) is 0 Å². The molecule has 0 saturated carbocycles. The Morgan fingerprint density at radius 1 is 0.375 bits per heavy atom. The van der Waals surface area contributed by atoms with Crippen LogP contribution in [0.25, 0.3) is 0 Å². The summed E-state index contributed by atoms with van der Waals surface area (Å²) in [7, 11) is 23.1. The second kappa shape index (κ2) is 18.6. The van der Waals surface area contributed by atoms with Gasteiger partial charge in [-0.25, -0.2) is 0 Å². The van der Waals surface area contributed by atoms with Crippen molar-refractivity contribution < 1.29 is 29.4 Å². The molecular formula is C20H56BrClN8P2. The normalized spacial score (nSPS) is 12.8. The first-order chi connectivity index (χ1) is 13.7. The average Bonchev–Trinajstić information content (AvgIpc) is 2.62. The second-order valence-corrected chi connectivity index (χ2v) is 16.5. The van der Waals surface area contributed by atoms with E-state index in [0.29, 0.717) is 0 Å². The molecule has 0 rings (SSSR count). The fraction of sp³-hybridized carbons (Fsp3) is 1.00. The lowest BCUT2D eigenvalue weighted by molar-refractivity contribution is -0.00100. The van der Waals surface area contributed by atoms with Crippen molar-refractivity contribution in [2.75, 3.05) is 111 Å². The summed E-state index contributed by atoms with van der Waals surface area (Å²) >= 11 is 0. The fourth-order valence-corrected chi connectivity index (χ4v) is 13.7.